The van der Waals surface area contributed by atoms with Gasteiger partial charge in [-0.15, -0.1) is 12.2 Å². The van der Waals surface area contributed by atoms with Gasteiger partial charge in [0.25, 0.3) is 0 Å². The fourth-order valence-electron chi connectivity index (χ4n) is 1.61. The maximum absolute atomic E-state index is 4.40. The van der Waals surface area contributed by atoms with Crippen LogP contribution in [0.5, 0.6) is 0 Å². The van der Waals surface area contributed by atoms with Crippen LogP contribution in [0.15, 0.2) is 27.7 Å². The minimum Gasteiger partial charge on any atom is -0.684 e. The molecule has 0 unspecified atom stereocenters. The Kier molecular flexibility index (Phi) is 7.88. The quantitative estimate of drug-likeness (QED) is 0.500. The number of hydrogen-bond donors (Lipinski definition) is 0. The fraction of sp³-hybridized carbons (Fsp3) is 0.250. The first-order chi connectivity index (χ1) is 6.75. The van der Waals surface area contributed by atoms with E-state index in [0.29, 0.717) is 0 Å². The summed E-state index contributed by atoms with van der Waals surface area (Å²) < 4.78 is 1.01. The van der Waals surface area contributed by atoms with E-state index in [4.69, 9.17) is 0 Å². The molecule has 1 aliphatic rings. The van der Waals surface area contributed by atoms with Crippen molar-refractivity contribution >= 4 is 37.5 Å². The van der Waals surface area contributed by atoms with Gasteiger partial charge < -0.3 is 12.7 Å². The number of halogens is 2. The van der Waals surface area contributed by atoms with Gasteiger partial charge in [-0.25, -0.2) is 0 Å². The average Bonchev–Trinajstić information content (AvgIpc) is 2.61. The summed E-state index contributed by atoms with van der Waals surface area (Å²) in [5.74, 6) is 0. The Morgan fingerprint density at radius 3 is 2.81 bits per heavy atom. The molecule has 1 aromatic carbocycles. The Bertz CT molecular complexity index is 373. The number of allylic oxidation sites excluding steroid dienone is 1. The summed E-state index contributed by atoms with van der Waals surface area (Å²) >= 11 is 6.71. The number of hydrogen-bond acceptors (Lipinski definition) is 0. The monoisotopic (exact) mass is 513 g/mol. The first-order valence-electron chi connectivity index (χ1n) is 4.56. The second-order valence-corrected chi connectivity index (χ2v) is 6.07. The second kappa shape index (κ2) is 7.68. The Hall–Kier alpha value is 0.408. The van der Waals surface area contributed by atoms with E-state index in [2.05, 4.69) is 61.5 Å². The molecule has 1 heterocycles. The molecule has 1 aliphatic heterocycles. The van der Waals surface area contributed by atoms with Gasteiger partial charge in [0.15, 0.2) is 0 Å². The van der Waals surface area contributed by atoms with E-state index in [1.807, 2.05) is 0 Å². The first kappa shape index (κ1) is 16.4. The van der Waals surface area contributed by atoms with Crippen LogP contribution in [0.25, 0.3) is 5.32 Å². The molecule has 0 aliphatic carbocycles. The van der Waals surface area contributed by atoms with Gasteiger partial charge in [-0.3, -0.25) is 0 Å². The van der Waals surface area contributed by atoms with E-state index in [9.17, 15) is 0 Å². The Balaban J connectivity index is 0.00000112. The molecule has 16 heavy (non-hydrogen) atoms. The van der Waals surface area contributed by atoms with Gasteiger partial charge in [-0.2, -0.15) is 0 Å². The zero-order valence-electron chi connectivity index (χ0n) is 9.04. The minimum absolute atomic E-state index is 0. The third kappa shape index (κ3) is 4.35. The van der Waals surface area contributed by atoms with Crippen molar-refractivity contribution in [2.75, 3.05) is 6.54 Å². The maximum Gasteiger partial charge on any atom is 2.00 e. The molecule has 0 spiro atoms. The largest absolute Gasteiger partial charge is 2.00 e. The van der Waals surface area contributed by atoms with Gasteiger partial charge in [-0.1, -0.05) is 29.8 Å². The molecule has 0 fully saturated rings. The van der Waals surface area contributed by atoms with Crippen LogP contribution in [0.4, 0.5) is 5.69 Å². The van der Waals surface area contributed by atoms with E-state index >= 15 is 0 Å². The number of rotatable bonds is 2. The topological polar surface area (TPSA) is 14.1 Å². The van der Waals surface area contributed by atoms with E-state index in [0.717, 1.165) is 22.8 Å². The number of benzene rings is 1. The Labute approximate surface area is 129 Å². The smallest absolute Gasteiger partial charge is 0.684 e. The molecule has 2 rings (SSSR count). The van der Waals surface area contributed by atoms with Crippen LogP contribution in [0.1, 0.15) is 11.1 Å². The van der Waals surface area contributed by atoms with Crippen molar-refractivity contribution < 1.29 is 21.1 Å². The van der Waals surface area contributed by atoms with Crippen LogP contribution >= 0.6 is 31.9 Å². The molecule has 86 valence electrons. The van der Waals surface area contributed by atoms with Crippen molar-refractivity contribution in [2.45, 2.75) is 12.8 Å². The molecular formula is C12H13Br2NW. The molecule has 0 atom stereocenters. The summed E-state index contributed by atoms with van der Waals surface area (Å²) in [7, 11) is 0. The standard InChI is InChI=1S/C11H10Br2N.CH3.W/c12-11(13)4-2-8-1-3-10-9(7-8)5-6-14-10;;/h1,3-4,7H,2,5-6H2;1H3;/q2*-1;+2. The van der Waals surface area contributed by atoms with Gasteiger partial charge in [0.05, 0.1) is 3.39 Å². The zero-order chi connectivity index (χ0) is 9.97. The van der Waals surface area contributed by atoms with Crippen LogP contribution in [-0.2, 0) is 33.9 Å². The number of fused-ring (bicyclic) bond motifs is 1. The van der Waals surface area contributed by atoms with Gasteiger partial charge in [-0.05, 0) is 50.3 Å². The predicted molar refractivity (Wildman–Crippen MR) is 74.1 cm³/mol. The van der Waals surface area contributed by atoms with Crippen molar-refractivity contribution in [2.24, 2.45) is 0 Å². The van der Waals surface area contributed by atoms with Crippen LogP contribution in [-0.4, -0.2) is 6.54 Å². The summed E-state index contributed by atoms with van der Waals surface area (Å²) in [6.07, 6.45) is 4.16. The molecule has 0 N–H and O–H groups in total. The predicted octanol–water partition coefficient (Wildman–Crippen LogP) is 4.87. The van der Waals surface area contributed by atoms with Crippen LogP contribution in [0.3, 0.4) is 0 Å². The van der Waals surface area contributed by atoms with Gasteiger partial charge in [0.2, 0.25) is 0 Å². The molecule has 0 saturated carbocycles. The second-order valence-electron chi connectivity index (χ2n) is 3.29. The zero-order valence-corrected chi connectivity index (χ0v) is 15.1. The van der Waals surface area contributed by atoms with Crippen LogP contribution in [0, 0.1) is 7.43 Å². The van der Waals surface area contributed by atoms with Crippen molar-refractivity contribution in [3.05, 3.63) is 51.5 Å². The molecule has 1 nitrogen and oxygen atoms in total. The van der Waals surface area contributed by atoms with Crippen molar-refractivity contribution in [3.63, 3.8) is 0 Å². The van der Waals surface area contributed by atoms with Gasteiger partial charge in [0.1, 0.15) is 0 Å². The Morgan fingerprint density at radius 1 is 1.38 bits per heavy atom. The molecular weight excluding hydrogens is 502 g/mol. The number of nitrogens with zero attached hydrogens (tertiary/aromatic N) is 1. The molecule has 0 radical (unpaired) electrons. The van der Waals surface area contributed by atoms with E-state index in [1.54, 1.807) is 0 Å². The van der Waals surface area contributed by atoms with Crippen molar-refractivity contribution in [1.29, 1.82) is 0 Å². The van der Waals surface area contributed by atoms with E-state index in [1.165, 1.54) is 16.8 Å². The molecule has 0 saturated heterocycles. The third-order valence-electron chi connectivity index (χ3n) is 2.30. The average molecular weight is 515 g/mol. The SMILES string of the molecule is BrC(Br)=CCc1ccc2c(c1)CC[N-]2.[CH3-].[W+2]. The normalized spacial score (nSPS) is 11.6. The van der Waals surface area contributed by atoms with Gasteiger partial charge in [0, 0.05) is 0 Å². The van der Waals surface area contributed by atoms with Crippen molar-refractivity contribution in [3.8, 4) is 0 Å². The summed E-state index contributed by atoms with van der Waals surface area (Å²) in [5, 5.41) is 4.40. The summed E-state index contributed by atoms with van der Waals surface area (Å²) in [6.45, 7) is 0.955. The van der Waals surface area contributed by atoms with E-state index < -0.39 is 0 Å². The minimum atomic E-state index is 0. The van der Waals surface area contributed by atoms with E-state index in [-0.39, 0.29) is 28.5 Å². The molecule has 0 amide bonds. The van der Waals surface area contributed by atoms with Gasteiger partial charge >= 0.3 is 21.1 Å². The summed E-state index contributed by atoms with van der Waals surface area (Å²) in [6, 6.07) is 6.52. The van der Waals surface area contributed by atoms with Crippen LogP contribution < -0.4 is 0 Å². The van der Waals surface area contributed by atoms with Crippen LogP contribution in [0.2, 0.25) is 0 Å². The molecule has 1 aromatic rings. The maximum atomic E-state index is 4.40. The summed E-state index contributed by atoms with van der Waals surface area (Å²) in [4.78, 5) is 0. The van der Waals surface area contributed by atoms with Crippen molar-refractivity contribution in [1.82, 2.24) is 0 Å². The third-order valence-corrected chi connectivity index (χ3v) is 2.95. The fourth-order valence-corrected chi connectivity index (χ4v) is 1.94. The molecule has 0 aromatic heterocycles. The molecule has 4 heteroatoms. The first-order valence-corrected chi connectivity index (χ1v) is 6.15. The summed E-state index contributed by atoms with van der Waals surface area (Å²) in [5.41, 5.74) is 3.91. The Morgan fingerprint density at radius 2 is 2.12 bits per heavy atom. The molecule has 0 bridgehead atoms.